The van der Waals surface area contributed by atoms with Crippen LogP contribution >= 0.6 is 0 Å². The quantitative estimate of drug-likeness (QED) is 0.355. The van der Waals surface area contributed by atoms with Crippen molar-refractivity contribution in [2.24, 2.45) is 0 Å². The van der Waals surface area contributed by atoms with Gasteiger partial charge in [0.25, 0.3) is 0 Å². The van der Waals surface area contributed by atoms with Crippen molar-refractivity contribution in [2.45, 2.75) is 34.6 Å². The summed E-state index contributed by atoms with van der Waals surface area (Å²) in [7, 11) is 0. The number of rotatable bonds is 0. The van der Waals surface area contributed by atoms with Crippen molar-refractivity contribution in [3.63, 3.8) is 0 Å². The summed E-state index contributed by atoms with van der Waals surface area (Å²) < 4.78 is 0. The number of benzene rings is 1. The molecule has 0 atom stereocenters. The van der Waals surface area contributed by atoms with Gasteiger partial charge < -0.3 is 0 Å². The molecular formula is C21H37K. The van der Waals surface area contributed by atoms with Gasteiger partial charge in [0.1, 0.15) is 0 Å². The zero-order valence-corrected chi connectivity index (χ0v) is 14.9. The first kappa shape index (κ1) is 37.6. The first-order chi connectivity index (χ1) is 10.1. The summed E-state index contributed by atoms with van der Waals surface area (Å²) in [6.45, 7) is 26.2. The summed E-state index contributed by atoms with van der Waals surface area (Å²) in [5, 5.41) is 0. The van der Waals surface area contributed by atoms with Crippen LogP contribution in [0.3, 0.4) is 0 Å². The second kappa shape index (κ2) is 70.5. The van der Waals surface area contributed by atoms with E-state index in [1.54, 1.807) is 30.4 Å². The molecule has 1 aromatic rings. The molecule has 0 spiro atoms. The summed E-state index contributed by atoms with van der Waals surface area (Å²) >= 11 is 0. The third-order valence-electron chi connectivity index (χ3n) is 0.667. The maximum absolute atomic E-state index is 3.36. The fraction of sp³-hybridized carbons (Fsp3) is 0.238. The minimum atomic E-state index is 0. The van der Waals surface area contributed by atoms with Crippen molar-refractivity contribution in [3.05, 3.63) is 99.7 Å². The maximum atomic E-state index is 3.36. The predicted octanol–water partition coefficient (Wildman–Crippen LogP) is 7.00. The predicted molar refractivity (Wildman–Crippen MR) is 113 cm³/mol. The van der Waals surface area contributed by atoms with E-state index in [-0.39, 0.29) is 51.4 Å². The first-order valence-electron chi connectivity index (χ1n) is 6.93. The van der Waals surface area contributed by atoms with Crippen LogP contribution in [0.5, 0.6) is 0 Å². The van der Waals surface area contributed by atoms with Gasteiger partial charge in [0, 0.05) is 0 Å². The van der Waals surface area contributed by atoms with Gasteiger partial charge in [-0.05, 0) is 34.6 Å². The van der Waals surface area contributed by atoms with E-state index < -0.39 is 0 Å². The molecule has 1 rings (SSSR count). The Morgan fingerprint density at radius 1 is 0.409 bits per heavy atom. The van der Waals surface area contributed by atoms with E-state index in [0.29, 0.717) is 0 Å². The van der Waals surface area contributed by atoms with Gasteiger partial charge in [0.05, 0.1) is 0 Å². The fourth-order valence-electron chi connectivity index (χ4n) is 0.385. The molecule has 0 nitrogen and oxygen atoms in total. The Bertz CT molecular complexity index is 212. The van der Waals surface area contributed by atoms with Crippen LogP contribution in [0.2, 0.25) is 0 Å². The van der Waals surface area contributed by atoms with Crippen molar-refractivity contribution in [3.8, 4) is 0 Å². The molecule has 0 radical (unpaired) electrons. The van der Waals surface area contributed by atoms with Gasteiger partial charge in [-0.25, -0.2) is 0 Å². The first-order valence-corrected chi connectivity index (χ1v) is 6.93. The van der Waals surface area contributed by atoms with Crippen LogP contribution in [-0.4, -0.2) is 51.4 Å². The zero-order chi connectivity index (χ0) is 17.8. The van der Waals surface area contributed by atoms with Gasteiger partial charge >= 0.3 is 51.4 Å². The van der Waals surface area contributed by atoms with E-state index in [2.05, 4.69) is 32.9 Å². The molecule has 0 saturated carbocycles. The van der Waals surface area contributed by atoms with Crippen LogP contribution in [0, 0.1) is 0 Å². The Labute approximate surface area is 183 Å². The van der Waals surface area contributed by atoms with Gasteiger partial charge in [-0.1, -0.05) is 66.8 Å². The van der Waals surface area contributed by atoms with Crippen LogP contribution in [0.25, 0.3) is 0 Å². The summed E-state index contributed by atoms with van der Waals surface area (Å²) in [5.41, 5.74) is 0. The largest absolute Gasteiger partial charge is 0.0623 e. The van der Waals surface area contributed by atoms with E-state index in [0.717, 1.165) is 0 Å². The van der Waals surface area contributed by atoms with Crippen LogP contribution in [0.1, 0.15) is 34.6 Å². The zero-order valence-electron chi connectivity index (χ0n) is 14.9. The van der Waals surface area contributed by atoms with E-state index in [9.17, 15) is 0 Å². The van der Waals surface area contributed by atoms with Gasteiger partial charge in [-0.2, -0.15) is 0 Å². The average molecular weight is 329 g/mol. The molecule has 1 aromatic carbocycles. The molecule has 22 heavy (non-hydrogen) atoms. The molecule has 0 fully saturated rings. The molecule has 0 bridgehead atoms. The minimum Gasteiger partial charge on any atom is -0.0623 e. The molecule has 0 aliphatic carbocycles. The molecule has 0 aromatic heterocycles. The molecule has 0 unspecified atom stereocenters. The summed E-state index contributed by atoms with van der Waals surface area (Å²) in [6, 6.07) is 12.0. The van der Waals surface area contributed by atoms with E-state index >= 15 is 0 Å². The minimum absolute atomic E-state index is 0. The Kier molecular flexibility index (Phi) is 121. The smallest absolute Gasteiger partial charge is 0.0623 e. The van der Waals surface area contributed by atoms with Gasteiger partial charge in [-0.3, -0.25) is 0 Å². The number of hydrogen-bond donors (Lipinski definition) is 0. The molecule has 0 aliphatic rings. The van der Waals surface area contributed by atoms with Crippen molar-refractivity contribution >= 4 is 51.4 Å². The Morgan fingerprint density at radius 3 is 0.500 bits per heavy atom. The van der Waals surface area contributed by atoms with Crippen LogP contribution in [0.15, 0.2) is 99.7 Å². The monoisotopic (exact) mass is 328 g/mol. The molecule has 0 N–H and O–H groups in total. The second-order valence-electron chi connectivity index (χ2n) is 3.20. The fourth-order valence-corrected chi connectivity index (χ4v) is 0.385. The van der Waals surface area contributed by atoms with Crippen molar-refractivity contribution < 1.29 is 0 Å². The van der Waals surface area contributed by atoms with Crippen LogP contribution < -0.4 is 0 Å². The second-order valence-corrected chi connectivity index (χ2v) is 3.20. The average Bonchev–Trinajstić information content (AvgIpc) is 2.45. The Morgan fingerprint density at radius 2 is 0.455 bits per heavy atom. The third kappa shape index (κ3) is 218. The van der Waals surface area contributed by atoms with Crippen LogP contribution in [-0.2, 0) is 0 Å². The third-order valence-corrected chi connectivity index (χ3v) is 0.667. The normalized spacial score (nSPS) is 5.14. The Hall–Kier alpha value is -0.444. The van der Waals surface area contributed by atoms with Gasteiger partial charge in [0.15, 0.2) is 0 Å². The number of hydrogen-bond acceptors (Lipinski definition) is 0. The van der Waals surface area contributed by atoms with Crippen molar-refractivity contribution in [2.75, 3.05) is 0 Å². The van der Waals surface area contributed by atoms with E-state index in [1.807, 2.05) is 71.0 Å². The molecule has 122 valence electrons. The SMILES string of the molecule is C=CC.C=CC.C=CC.C=CC.C=CC.[KH].c1ccccc1. The van der Waals surface area contributed by atoms with Crippen molar-refractivity contribution in [1.82, 2.24) is 0 Å². The maximum Gasteiger partial charge on any atom is -0.0623 e. The molecule has 0 aliphatic heterocycles. The van der Waals surface area contributed by atoms with Gasteiger partial charge in [-0.15, -0.1) is 32.9 Å². The molecule has 0 heterocycles. The molecule has 0 saturated heterocycles. The Balaban J connectivity index is -0.0000000361. The molecule has 0 amide bonds. The molecule has 1 heteroatoms. The van der Waals surface area contributed by atoms with Crippen molar-refractivity contribution in [1.29, 1.82) is 0 Å². The molecular weight excluding hydrogens is 291 g/mol. The summed E-state index contributed by atoms with van der Waals surface area (Å²) in [5.74, 6) is 0. The summed E-state index contributed by atoms with van der Waals surface area (Å²) in [4.78, 5) is 0. The van der Waals surface area contributed by atoms with E-state index in [4.69, 9.17) is 0 Å². The topological polar surface area (TPSA) is 0 Å². The standard InChI is InChI=1S/C6H6.5C3H6.K.H/c1-2-4-6-5-3-1;5*1-3-2;;/h1-6H;5*3H,1H2,2H3;;. The van der Waals surface area contributed by atoms with Crippen LogP contribution in [0.4, 0.5) is 0 Å². The number of allylic oxidation sites excluding steroid dienone is 5. The van der Waals surface area contributed by atoms with E-state index in [1.165, 1.54) is 0 Å². The van der Waals surface area contributed by atoms with Gasteiger partial charge in [0.2, 0.25) is 0 Å². The summed E-state index contributed by atoms with van der Waals surface area (Å²) in [6.07, 6.45) is 8.75.